The van der Waals surface area contributed by atoms with Crippen LogP contribution in [0.5, 0.6) is 0 Å². The minimum atomic E-state index is -0.781. The number of carbonyl (C=O) groups is 2. The van der Waals surface area contributed by atoms with Crippen LogP contribution in [0.1, 0.15) is 61.6 Å². The van der Waals surface area contributed by atoms with Gasteiger partial charge in [0.15, 0.2) is 5.65 Å². The number of nitrogens with one attached hydrogen (secondary N) is 1. The Labute approximate surface area is 141 Å². The third-order valence-electron chi connectivity index (χ3n) is 3.85. The molecular formula is C17H24N4O3. The fourth-order valence-electron chi connectivity index (χ4n) is 2.55. The molecule has 0 aliphatic heterocycles. The SMILES string of the molecule is Cc1nc2c(cnn2C(C)C)cc1C(=O)NCCCCCC(=O)O. The molecule has 0 aromatic carbocycles. The largest absolute Gasteiger partial charge is 0.481 e. The van der Waals surface area contributed by atoms with Crippen molar-refractivity contribution in [1.29, 1.82) is 0 Å². The second-order valence-electron chi connectivity index (χ2n) is 6.18. The first-order valence-corrected chi connectivity index (χ1v) is 8.25. The van der Waals surface area contributed by atoms with Gasteiger partial charge >= 0.3 is 5.97 Å². The van der Waals surface area contributed by atoms with Crippen LogP contribution < -0.4 is 5.32 Å². The van der Waals surface area contributed by atoms with Gasteiger partial charge in [-0.15, -0.1) is 0 Å². The summed E-state index contributed by atoms with van der Waals surface area (Å²) < 4.78 is 1.84. The van der Waals surface area contributed by atoms with Gasteiger partial charge in [0.2, 0.25) is 0 Å². The molecule has 2 heterocycles. The van der Waals surface area contributed by atoms with Crippen molar-refractivity contribution in [3.8, 4) is 0 Å². The molecular weight excluding hydrogens is 308 g/mol. The number of aryl methyl sites for hydroxylation is 1. The van der Waals surface area contributed by atoms with E-state index in [0.717, 1.165) is 23.9 Å². The van der Waals surface area contributed by atoms with Gasteiger partial charge in [0, 0.05) is 24.4 Å². The fraction of sp³-hybridized carbons (Fsp3) is 0.529. The van der Waals surface area contributed by atoms with Crippen LogP contribution in [-0.4, -0.2) is 38.3 Å². The number of carboxylic acids is 1. The smallest absolute Gasteiger partial charge is 0.303 e. The van der Waals surface area contributed by atoms with Crippen molar-refractivity contribution in [1.82, 2.24) is 20.1 Å². The number of hydrogen-bond donors (Lipinski definition) is 2. The molecule has 0 atom stereocenters. The highest BCUT2D eigenvalue weighted by molar-refractivity contribution is 5.98. The van der Waals surface area contributed by atoms with Crippen LogP contribution in [0.25, 0.3) is 11.0 Å². The van der Waals surface area contributed by atoms with Gasteiger partial charge in [0.1, 0.15) is 0 Å². The second-order valence-corrected chi connectivity index (χ2v) is 6.18. The standard InChI is InChI=1S/C17H24N4O3/c1-11(2)21-16-13(10-19-21)9-14(12(3)20-16)17(24)18-8-6-4-5-7-15(22)23/h9-11H,4-8H2,1-3H3,(H,18,24)(H,22,23). The molecule has 2 rings (SSSR count). The minimum Gasteiger partial charge on any atom is -0.481 e. The quantitative estimate of drug-likeness (QED) is 0.724. The van der Waals surface area contributed by atoms with E-state index < -0.39 is 5.97 Å². The van der Waals surface area contributed by atoms with E-state index in [4.69, 9.17) is 5.11 Å². The lowest BCUT2D eigenvalue weighted by molar-refractivity contribution is -0.137. The first kappa shape index (κ1) is 17.9. The molecule has 2 aromatic heterocycles. The van der Waals surface area contributed by atoms with Gasteiger partial charge in [0.05, 0.1) is 17.5 Å². The highest BCUT2D eigenvalue weighted by Gasteiger charge is 2.14. The van der Waals surface area contributed by atoms with Gasteiger partial charge in [-0.2, -0.15) is 5.10 Å². The summed E-state index contributed by atoms with van der Waals surface area (Å²) in [4.78, 5) is 27.3. The van der Waals surface area contributed by atoms with Crippen molar-refractivity contribution in [2.75, 3.05) is 6.54 Å². The number of fused-ring (bicyclic) bond motifs is 1. The molecule has 2 N–H and O–H groups in total. The summed E-state index contributed by atoms with van der Waals surface area (Å²) in [5.74, 6) is -0.937. The Balaban J connectivity index is 1.97. The van der Waals surface area contributed by atoms with Crippen molar-refractivity contribution < 1.29 is 14.7 Å². The molecule has 0 saturated carbocycles. The van der Waals surface area contributed by atoms with Crippen LogP contribution in [0.15, 0.2) is 12.3 Å². The minimum absolute atomic E-state index is 0.155. The normalized spacial score (nSPS) is 11.2. The summed E-state index contributed by atoms with van der Waals surface area (Å²) in [6, 6.07) is 2.03. The Morgan fingerprint density at radius 1 is 1.29 bits per heavy atom. The van der Waals surface area contributed by atoms with Crippen molar-refractivity contribution in [3.05, 3.63) is 23.5 Å². The average molecular weight is 332 g/mol. The number of aromatic nitrogens is 3. The molecule has 24 heavy (non-hydrogen) atoms. The Morgan fingerprint density at radius 3 is 2.71 bits per heavy atom. The predicted octanol–water partition coefficient (Wildman–Crippen LogP) is 2.70. The van der Waals surface area contributed by atoms with E-state index in [9.17, 15) is 9.59 Å². The molecule has 7 heteroatoms. The number of nitrogens with zero attached hydrogens (tertiary/aromatic N) is 3. The van der Waals surface area contributed by atoms with E-state index in [1.807, 2.05) is 31.5 Å². The highest BCUT2D eigenvalue weighted by atomic mass is 16.4. The van der Waals surface area contributed by atoms with Gasteiger partial charge in [-0.25, -0.2) is 9.67 Å². The van der Waals surface area contributed by atoms with E-state index in [1.54, 1.807) is 6.20 Å². The van der Waals surface area contributed by atoms with Crippen molar-refractivity contribution >= 4 is 22.9 Å². The Kier molecular flexibility index (Phi) is 5.89. The maximum Gasteiger partial charge on any atom is 0.303 e. The summed E-state index contributed by atoms with van der Waals surface area (Å²) >= 11 is 0. The Morgan fingerprint density at radius 2 is 2.04 bits per heavy atom. The lowest BCUT2D eigenvalue weighted by atomic mass is 10.1. The molecule has 0 aliphatic carbocycles. The first-order chi connectivity index (χ1) is 11.4. The zero-order chi connectivity index (χ0) is 17.7. The van der Waals surface area contributed by atoms with Crippen LogP contribution in [0.3, 0.4) is 0 Å². The molecule has 0 aliphatic rings. The third kappa shape index (κ3) is 4.31. The van der Waals surface area contributed by atoms with E-state index in [0.29, 0.717) is 24.2 Å². The number of carbonyl (C=O) groups excluding carboxylic acids is 1. The zero-order valence-electron chi connectivity index (χ0n) is 14.4. The summed E-state index contributed by atoms with van der Waals surface area (Å²) in [5, 5.41) is 16.6. The molecule has 130 valence electrons. The number of pyridine rings is 1. The summed E-state index contributed by atoms with van der Waals surface area (Å²) in [6.07, 6.45) is 4.08. The van der Waals surface area contributed by atoms with E-state index in [1.165, 1.54) is 0 Å². The summed E-state index contributed by atoms with van der Waals surface area (Å²) in [5.41, 5.74) is 2.01. The highest BCUT2D eigenvalue weighted by Crippen LogP contribution is 2.19. The van der Waals surface area contributed by atoms with Crippen molar-refractivity contribution in [2.24, 2.45) is 0 Å². The van der Waals surface area contributed by atoms with E-state index in [-0.39, 0.29) is 18.4 Å². The van der Waals surface area contributed by atoms with Gasteiger partial charge in [0.25, 0.3) is 5.91 Å². The van der Waals surface area contributed by atoms with Gasteiger partial charge in [-0.05, 0) is 39.7 Å². The maximum absolute atomic E-state index is 12.3. The van der Waals surface area contributed by atoms with E-state index in [2.05, 4.69) is 15.4 Å². The number of carboxylic acid groups (broad SMARTS) is 1. The number of aliphatic carboxylic acids is 1. The fourth-order valence-corrected chi connectivity index (χ4v) is 2.55. The molecule has 0 saturated heterocycles. The number of rotatable bonds is 8. The molecule has 1 amide bonds. The Bertz CT molecular complexity index is 737. The monoisotopic (exact) mass is 332 g/mol. The van der Waals surface area contributed by atoms with Crippen LogP contribution in [0.2, 0.25) is 0 Å². The maximum atomic E-state index is 12.3. The number of amides is 1. The Hall–Kier alpha value is -2.44. The van der Waals surface area contributed by atoms with Gasteiger partial charge in [-0.3, -0.25) is 9.59 Å². The van der Waals surface area contributed by atoms with Gasteiger partial charge in [-0.1, -0.05) is 6.42 Å². The lowest BCUT2D eigenvalue weighted by Gasteiger charge is -2.10. The van der Waals surface area contributed by atoms with Crippen molar-refractivity contribution in [3.63, 3.8) is 0 Å². The molecule has 0 unspecified atom stereocenters. The number of unbranched alkanes of at least 4 members (excludes halogenated alkanes) is 2. The van der Waals surface area contributed by atoms with Crippen LogP contribution in [-0.2, 0) is 4.79 Å². The second kappa shape index (κ2) is 7.90. The van der Waals surface area contributed by atoms with Crippen LogP contribution >= 0.6 is 0 Å². The van der Waals surface area contributed by atoms with Gasteiger partial charge < -0.3 is 10.4 Å². The average Bonchev–Trinajstić information content (AvgIpc) is 2.92. The van der Waals surface area contributed by atoms with Crippen LogP contribution in [0, 0.1) is 6.92 Å². The molecule has 0 fully saturated rings. The van der Waals surface area contributed by atoms with Crippen molar-refractivity contribution in [2.45, 2.75) is 52.5 Å². The lowest BCUT2D eigenvalue weighted by Crippen LogP contribution is -2.25. The topological polar surface area (TPSA) is 97.1 Å². The van der Waals surface area contributed by atoms with E-state index >= 15 is 0 Å². The summed E-state index contributed by atoms with van der Waals surface area (Å²) in [6.45, 7) is 6.42. The molecule has 0 spiro atoms. The third-order valence-corrected chi connectivity index (χ3v) is 3.85. The predicted molar refractivity (Wildman–Crippen MR) is 91.1 cm³/mol. The van der Waals surface area contributed by atoms with Crippen LogP contribution in [0.4, 0.5) is 0 Å². The summed E-state index contributed by atoms with van der Waals surface area (Å²) in [7, 11) is 0. The molecule has 0 bridgehead atoms. The first-order valence-electron chi connectivity index (χ1n) is 8.25. The number of hydrogen-bond acceptors (Lipinski definition) is 4. The molecule has 7 nitrogen and oxygen atoms in total. The zero-order valence-corrected chi connectivity index (χ0v) is 14.4. The molecule has 0 radical (unpaired) electrons. The molecule has 2 aromatic rings.